The molecular formula is C14H19N3O. The molecule has 2 atom stereocenters. The van der Waals surface area contributed by atoms with Crippen molar-refractivity contribution in [2.24, 2.45) is 16.6 Å². The summed E-state index contributed by atoms with van der Waals surface area (Å²) in [5.41, 5.74) is 6.92. The van der Waals surface area contributed by atoms with Gasteiger partial charge in [0, 0.05) is 12.3 Å². The molecule has 1 aliphatic carbocycles. The van der Waals surface area contributed by atoms with Crippen LogP contribution >= 0.6 is 0 Å². The number of para-hydroxylation sites is 1. The lowest BCUT2D eigenvalue weighted by Crippen LogP contribution is -2.29. The molecule has 18 heavy (non-hydrogen) atoms. The lowest BCUT2D eigenvalue weighted by Gasteiger charge is -2.15. The van der Waals surface area contributed by atoms with E-state index in [1.54, 1.807) is 0 Å². The van der Waals surface area contributed by atoms with Gasteiger partial charge in [0.1, 0.15) is 0 Å². The lowest BCUT2D eigenvalue weighted by atomic mass is 10.1. The molecule has 2 unspecified atom stereocenters. The van der Waals surface area contributed by atoms with E-state index < -0.39 is 0 Å². The molecule has 1 saturated carbocycles. The number of nitrogens with two attached hydrogens (primary N) is 1. The van der Waals surface area contributed by atoms with Gasteiger partial charge in [0.15, 0.2) is 5.96 Å². The van der Waals surface area contributed by atoms with Crippen molar-refractivity contribution >= 4 is 11.6 Å². The Morgan fingerprint density at radius 3 is 2.72 bits per heavy atom. The molecule has 0 radical (unpaired) electrons. The van der Waals surface area contributed by atoms with Crippen LogP contribution in [-0.2, 0) is 4.74 Å². The van der Waals surface area contributed by atoms with Gasteiger partial charge in [0.25, 0.3) is 0 Å². The van der Waals surface area contributed by atoms with Crippen LogP contribution in [0.3, 0.4) is 0 Å². The second-order valence-electron chi connectivity index (χ2n) is 5.03. The maximum Gasteiger partial charge on any atom is 0.193 e. The normalized spacial score (nSPS) is 28.3. The minimum Gasteiger partial charge on any atom is -0.376 e. The second-order valence-corrected chi connectivity index (χ2v) is 5.03. The summed E-state index contributed by atoms with van der Waals surface area (Å²) in [7, 11) is 0. The number of nitrogens with zero attached hydrogens (tertiary/aromatic N) is 1. The summed E-state index contributed by atoms with van der Waals surface area (Å²) < 4.78 is 5.75. The molecule has 1 aliphatic heterocycles. The van der Waals surface area contributed by atoms with Crippen LogP contribution in [0.5, 0.6) is 0 Å². The molecule has 96 valence electrons. The molecule has 1 saturated heterocycles. The third-order valence-corrected chi connectivity index (χ3v) is 3.54. The molecule has 1 heterocycles. The van der Waals surface area contributed by atoms with Crippen molar-refractivity contribution in [2.75, 3.05) is 11.9 Å². The molecule has 0 bridgehead atoms. The topological polar surface area (TPSA) is 59.6 Å². The molecule has 0 aromatic heterocycles. The first-order valence-corrected chi connectivity index (χ1v) is 6.60. The number of benzene rings is 1. The van der Waals surface area contributed by atoms with Gasteiger partial charge in [0.2, 0.25) is 0 Å². The molecule has 4 nitrogen and oxygen atoms in total. The highest BCUT2D eigenvalue weighted by Crippen LogP contribution is 2.39. The molecule has 1 aromatic rings. The Morgan fingerprint density at radius 1 is 1.22 bits per heavy atom. The standard InChI is InChI=1S/C14H19N3O/c15-14(16-11-4-2-1-3-5-11)17-12-8-9-18-13(12)10-6-7-10/h1-5,10,12-13H,6-9H2,(H3,15,16,17). The Labute approximate surface area is 107 Å². The Balaban J connectivity index is 1.64. The quantitative estimate of drug-likeness (QED) is 0.632. The summed E-state index contributed by atoms with van der Waals surface area (Å²) >= 11 is 0. The average molecular weight is 245 g/mol. The van der Waals surface area contributed by atoms with E-state index in [4.69, 9.17) is 10.5 Å². The Kier molecular flexibility index (Phi) is 3.19. The minimum atomic E-state index is 0.230. The second kappa shape index (κ2) is 4.98. The third kappa shape index (κ3) is 2.64. The zero-order valence-corrected chi connectivity index (χ0v) is 10.4. The molecule has 3 rings (SSSR count). The van der Waals surface area contributed by atoms with Crippen LogP contribution < -0.4 is 11.1 Å². The first kappa shape index (κ1) is 11.5. The summed E-state index contributed by atoms with van der Waals surface area (Å²) in [5.74, 6) is 1.20. The molecule has 4 heteroatoms. The number of aliphatic imine (C=N–C) groups is 1. The van der Waals surface area contributed by atoms with Crippen LogP contribution in [0.25, 0.3) is 0 Å². The zero-order valence-electron chi connectivity index (χ0n) is 10.4. The number of rotatable bonds is 3. The van der Waals surface area contributed by atoms with E-state index in [2.05, 4.69) is 10.3 Å². The molecule has 0 spiro atoms. The van der Waals surface area contributed by atoms with Crippen LogP contribution in [0.1, 0.15) is 19.3 Å². The van der Waals surface area contributed by atoms with E-state index in [1.165, 1.54) is 12.8 Å². The first-order valence-electron chi connectivity index (χ1n) is 6.60. The fraction of sp³-hybridized carbons (Fsp3) is 0.500. The van der Waals surface area contributed by atoms with Gasteiger partial charge in [0.05, 0.1) is 12.1 Å². The van der Waals surface area contributed by atoms with E-state index in [9.17, 15) is 0 Å². The number of nitrogens with one attached hydrogen (secondary N) is 1. The zero-order chi connectivity index (χ0) is 12.4. The van der Waals surface area contributed by atoms with Crippen molar-refractivity contribution in [3.8, 4) is 0 Å². The Hall–Kier alpha value is -1.55. The van der Waals surface area contributed by atoms with Crippen molar-refractivity contribution < 1.29 is 4.74 Å². The molecule has 2 aliphatic rings. The van der Waals surface area contributed by atoms with Gasteiger partial charge in [-0.05, 0) is 37.3 Å². The summed E-state index contributed by atoms with van der Waals surface area (Å²) in [6.07, 6.45) is 3.84. The van der Waals surface area contributed by atoms with Gasteiger partial charge < -0.3 is 15.8 Å². The Morgan fingerprint density at radius 2 is 2.00 bits per heavy atom. The van der Waals surface area contributed by atoms with E-state index in [1.807, 2.05) is 30.3 Å². The van der Waals surface area contributed by atoms with Gasteiger partial charge in [-0.15, -0.1) is 0 Å². The average Bonchev–Trinajstić information content (AvgIpc) is 3.12. The van der Waals surface area contributed by atoms with E-state index in [-0.39, 0.29) is 6.04 Å². The van der Waals surface area contributed by atoms with E-state index >= 15 is 0 Å². The highest BCUT2D eigenvalue weighted by atomic mass is 16.5. The number of anilines is 1. The van der Waals surface area contributed by atoms with Gasteiger partial charge in [-0.1, -0.05) is 18.2 Å². The van der Waals surface area contributed by atoms with E-state index in [0.717, 1.165) is 18.7 Å². The summed E-state index contributed by atoms with van der Waals surface area (Å²) in [4.78, 5) is 4.57. The molecule has 2 fully saturated rings. The first-order chi connectivity index (χ1) is 8.83. The highest BCUT2D eigenvalue weighted by molar-refractivity contribution is 5.92. The third-order valence-electron chi connectivity index (χ3n) is 3.54. The fourth-order valence-electron chi connectivity index (χ4n) is 2.49. The van der Waals surface area contributed by atoms with Crippen molar-refractivity contribution in [3.05, 3.63) is 30.3 Å². The summed E-state index contributed by atoms with van der Waals surface area (Å²) in [6, 6.07) is 10.1. The molecule has 3 N–H and O–H groups in total. The van der Waals surface area contributed by atoms with E-state index in [0.29, 0.717) is 18.0 Å². The molecule has 0 amide bonds. The predicted octanol–water partition coefficient (Wildman–Crippen LogP) is 1.98. The summed E-state index contributed by atoms with van der Waals surface area (Å²) in [5, 5.41) is 3.12. The smallest absolute Gasteiger partial charge is 0.193 e. The largest absolute Gasteiger partial charge is 0.376 e. The number of guanidine groups is 1. The highest BCUT2D eigenvalue weighted by Gasteiger charge is 2.40. The van der Waals surface area contributed by atoms with Crippen LogP contribution in [0.15, 0.2) is 35.3 Å². The molecule has 1 aromatic carbocycles. The maximum atomic E-state index is 5.95. The van der Waals surface area contributed by atoms with Crippen molar-refractivity contribution in [3.63, 3.8) is 0 Å². The molecular weight excluding hydrogens is 226 g/mol. The maximum absolute atomic E-state index is 5.95. The monoisotopic (exact) mass is 245 g/mol. The number of ether oxygens (including phenoxy) is 1. The van der Waals surface area contributed by atoms with Gasteiger partial charge >= 0.3 is 0 Å². The summed E-state index contributed by atoms with van der Waals surface area (Å²) in [6.45, 7) is 0.813. The van der Waals surface area contributed by atoms with Crippen LogP contribution in [0.2, 0.25) is 0 Å². The SMILES string of the molecule is NC(=NC1CCOC1C1CC1)Nc1ccccc1. The van der Waals surface area contributed by atoms with Crippen LogP contribution in [-0.4, -0.2) is 24.7 Å². The lowest BCUT2D eigenvalue weighted by molar-refractivity contribution is 0.0875. The van der Waals surface area contributed by atoms with Crippen molar-refractivity contribution in [2.45, 2.75) is 31.4 Å². The van der Waals surface area contributed by atoms with Crippen LogP contribution in [0, 0.1) is 5.92 Å². The van der Waals surface area contributed by atoms with Gasteiger partial charge in [-0.2, -0.15) is 0 Å². The predicted molar refractivity (Wildman–Crippen MR) is 72.6 cm³/mol. The van der Waals surface area contributed by atoms with Crippen molar-refractivity contribution in [1.29, 1.82) is 0 Å². The van der Waals surface area contributed by atoms with Crippen molar-refractivity contribution in [1.82, 2.24) is 0 Å². The number of hydrogen-bond donors (Lipinski definition) is 2. The fourth-order valence-corrected chi connectivity index (χ4v) is 2.49. The van der Waals surface area contributed by atoms with Crippen LogP contribution in [0.4, 0.5) is 5.69 Å². The van der Waals surface area contributed by atoms with Gasteiger partial charge in [-0.25, -0.2) is 4.99 Å². The Bertz CT molecular complexity index is 428. The minimum absolute atomic E-state index is 0.230. The van der Waals surface area contributed by atoms with Gasteiger partial charge in [-0.3, -0.25) is 0 Å². The number of hydrogen-bond acceptors (Lipinski definition) is 2.